The van der Waals surface area contributed by atoms with Gasteiger partial charge in [-0.1, -0.05) is 0 Å². The van der Waals surface area contributed by atoms with Gasteiger partial charge in [0.05, 0.1) is 25.3 Å². The SMILES string of the molecule is NC(=NC1CC1)NC(CO)CO. The first-order valence-electron chi connectivity index (χ1n) is 4.07. The minimum Gasteiger partial charge on any atom is -0.394 e. The Morgan fingerprint density at radius 1 is 1.50 bits per heavy atom. The third kappa shape index (κ3) is 3.06. The van der Waals surface area contributed by atoms with Crippen LogP contribution >= 0.6 is 0 Å². The highest BCUT2D eigenvalue weighted by molar-refractivity contribution is 5.78. The van der Waals surface area contributed by atoms with Crippen molar-refractivity contribution < 1.29 is 10.2 Å². The molecule has 0 aliphatic heterocycles. The highest BCUT2D eigenvalue weighted by Gasteiger charge is 2.20. The molecule has 1 aliphatic rings. The summed E-state index contributed by atoms with van der Waals surface area (Å²) in [7, 11) is 0. The molecule has 0 radical (unpaired) electrons. The zero-order chi connectivity index (χ0) is 8.97. The van der Waals surface area contributed by atoms with Crippen molar-refractivity contribution >= 4 is 5.96 Å². The van der Waals surface area contributed by atoms with Gasteiger partial charge in [-0.3, -0.25) is 4.99 Å². The van der Waals surface area contributed by atoms with Gasteiger partial charge in [0.2, 0.25) is 0 Å². The van der Waals surface area contributed by atoms with Gasteiger partial charge >= 0.3 is 0 Å². The van der Waals surface area contributed by atoms with Crippen molar-refractivity contribution in [3.63, 3.8) is 0 Å². The fraction of sp³-hybridized carbons (Fsp3) is 0.857. The molecule has 0 amide bonds. The molecular formula is C7H15N3O2. The van der Waals surface area contributed by atoms with Crippen molar-refractivity contribution in [1.29, 1.82) is 0 Å². The number of guanidine groups is 1. The van der Waals surface area contributed by atoms with Crippen LogP contribution < -0.4 is 11.1 Å². The predicted molar refractivity (Wildman–Crippen MR) is 45.7 cm³/mol. The standard InChI is InChI=1S/C7H15N3O2/c8-7(9-5-1-2-5)10-6(3-11)4-12/h5-6,11-12H,1-4H2,(H3,8,9,10). The molecule has 0 aromatic rings. The number of nitrogens with two attached hydrogens (primary N) is 1. The Hall–Kier alpha value is -0.810. The molecule has 1 fully saturated rings. The van der Waals surface area contributed by atoms with Crippen LogP contribution in [0.1, 0.15) is 12.8 Å². The molecule has 0 aromatic heterocycles. The van der Waals surface area contributed by atoms with Gasteiger partial charge in [-0.05, 0) is 12.8 Å². The Kier molecular flexibility index (Phi) is 3.31. The lowest BCUT2D eigenvalue weighted by molar-refractivity contribution is 0.183. The molecule has 5 nitrogen and oxygen atoms in total. The van der Waals surface area contributed by atoms with Gasteiger partial charge in [-0.25, -0.2) is 0 Å². The van der Waals surface area contributed by atoms with Crippen LogP contribution in [-0.2, 0) is 0 Å². The van der Waals surface area contributed by atoms with E-state index in [4.69, 9.17) is 15.9 Å². The highest BCUT2D eigenvalue weighted by atomic mass is 16.3. The summed E-state index contributed by atoms with van der Waals surface area (Å²) in [5, 5.41) is 20.1. The van der Waals surface area contributed by atoms with Gasteiger partial charge in [0.25, 0.3) is 0 Å². The first-order valence-corrected chi connectivity index (χ1v) is 4.07. The van der Waals surface area contributed by atoms with Crippen LogP contribution in [0.3, 0.4) is 0 Å². The quantitative estimate of drug-likeness (QED) is 0.304. The van der Waals surface area contributed by atoms with E-state index in [0.29, 0.717) is 12.0 Å². The van der Waals surface area contributed by atoms with Gasteiger partial charge in [0.1, 0.15) is 0 Å². The van der Waals surface area contributed by atoms with Crippen molar-refractivity contribution in [2.75, 3.05) is 13.2 Å². The van der Waals surface area contributed by atoms with E-state index in [9.17, 15) is 0 Å². The summed E-state index contributed by atoms with van der Waals surface area (Å²) < 4.78 is 0. The first-order chi connectivity index (χ1) is 5.76. The molecule has 0 heterocycles. The molecule has 12 heavy (non-hydrogen) atoms. The molecule has 0 atom stereocenters. The van der Waals surface area contributed by atoms with Gasteiger partial charge in [-0.2, -0.15) is 0 Å². The molecule has 0 spiro atoms. The van der Waals surface area contributed by atoms with E-state index in [2.05, 4.69) is 10.3 Å². The molecule has 5 N–H and O–H groups in total. The van der Waals surface area contributed by atoms with E-state index in [1.807, 2.05) is 0 Å². The maximum Gasteiger partial charge on any atom is 0.189 e. The number of aliphatic hydroxyl groups is 2. The summed E-state index contributed by atoms with van der Waals surface area (Å²) in [5.74, 6) is 0.311. The van der Waals surface area contributed by atoms with Crippen LogP contribution in [0.2, 0.25) is 0 Å². The number of aliphatic imine (C=N–C) groups is 1. The fourth-order valence-corrected chi connectivity index (χ4v) is 0.796. The number of nitrogens with zero attached hydrogens (tertiary/aromatic N) is 1. The maximum absolute atomic E-state index is 8.69. The lowest BCUT2D eigenvalue weighted by Crippen LogP contribution is -2.44. The molecule has 0 saturated heterocycles. The minimum atomic E-state index is -0.396. The fourth-order valence-electron chi connectivity index (χ4n) is 0.796. The van der Waals surface area contributed by atoms with Crippen LogP contribution in [-0.4, -0.2) is 41.5 Å². The molecule has 70 valence electrons. The Morgan fingerprint density at radius 2 is 2.08 bits per heavy atom. The monoisotopic (exact) mass is 173 g/mol. The minimum absolute atomic E-state index is 0.141. The third-order valence-electron chi connectivity index (χ3n) is 1.66. The number of rotatable bonds is 4. The smallest absolute Gasteiger partial charge is 0.189 e. The summed E-state index contributed by atoms with van der Waals surface area (Å²) in [5.41, 5.74) is 5.48. The van der Waals surface area contributed by atoms with E-state index >= 15 is 0 Å². The molecule has 1 rings (SSSR count). The Balaban J connectivity index is 2.26. The lowest BCUT2D eigenvalue weighted by atomic mass is 10.3. The second-order valence-corrected chi connectivity index (χ2v) is 2.95. The highest BCUT2D eigenvalue weighted by Crippen LogP contribution is 2.22. The molecule has 1 aliphatic carbocycles. The number of hydrogen-bond donors (Lipinski definition) is 4. The van der Waals surface area contributed by atoms with Crippen LogP contribution in [0.25, 0.3) is 0 Å². The van der Waals surface area contributed by atoms with Crippen LogP contribution in [0, 0.1) is 0 Å². The average Bonchev–Trinajstić information content (AvgIpc) is 2.84. The Bertz CT molecular complexity index is 164. The van der Waals surface area contributed by atoms with Crippen LogP contribution in [0.5, 0.6) is 0 Å². The van der Waals surface area contributed by atoms with Crippen molar-refractivity contribution in [1.82, 2.24) is 5.32 Å². The average molecular weight is 173 g/mol. The zero-order valence-corrected chi connectivity index (χ0v) is 6.90. The molecule has 0 bridgehead atoms. The van der Waals surface area contributed by atoms with Gasteiger partial charge in [0.15, 0.2) is 5.96 Å². The topological polar surface area (TPSA) is 90.9 Å². The molecule has 0 aromatic carbocycles. The van der Waals surface area contributed by atoms with Crippen molar-refractivity contribution in [3.05, 3.63) is 0 Å². The maximum atomic E-state index is 8.69. The van der Waals surface area contributed by atoms with Gasteiger partial charge in [-0.15, -0.1) is 0 Å². The number of hydrogen-bond acceptors (Lipinski definition) is 3. The summed E-state index contributed by atoms with van der Waals surface area (Å²) in [6.45, 7) is -0.283. The van der Waals surface area contributed by atoms with E-state index in [0.717, 1.165) is 12.8 Å². The summed E-state index contributed by atoms with van der Waals surface area (Å²) in [6.07, 6.45) is 2.18. The summed E-state index contributed by atoms with van der Waals surface area (Å²) >= 11 is 0. The summed E-state index contributed by atoms with van der Waals surface area (Å²) in [4.78, 5) is 4.09. The van der Waals surface area contributed by atoms with Crippen molar-refractivity contribution in [3.8, 4) is 0 Å². The van der Waals surface area contributed by atoms with Gasteiger partial charge in [0, 0.05) is 0 Å². The Morgan fingerprint density at radius 3 is 2.50 bits per heavy atom. The second-order valence-electron chi connectivity index (χ2n) is 2.95. The molecule has 5 heteroatoms. The van der Waals surface area contributed by atoms with Crippen LogP contribution in [0.15, 0.2) is 4.99 Å². The largest absolute Gasteiger partial charge is 0.394 e. The predicted octanol–water partition coefficient (Wildman–Crippen LogP) is -1.59. The number of nitrogens with one attached hydrogen (secondary N) is 1. The van der Waals surface area contributed by atoms with E-state index < -0.39 is 6.04 Å². The number of aliphatic hydroxyl groups excluding tert-OH is 2. The molecule has 1 saturated carbocycles. The van der Waals surface area contributed by atoms with Crippen molar-refractivity contribution in [2.45, 2.75) is 24.9 Å². The first kappa shape index (κ1) is 9.28. The third-order valence-corrected chi connectivity index (χ3v) is 1.66. The van der Waals surface area contributed by atoms with E-state index in [1.165, 1.54) is 0 Å². The van der Waals surface area contributed by atoms with Gasteiger partial charge < -0.3 is 21.3 Å². The van der Waals surface area contributed by atoms with E-state index in [1.54, 1.807) is 0 Å². The normalized spacial score (nSPS) is 18.4. The lowest BCUT2D eigenvalue weighted by Gasteiger charge is -2.13. The second kappa shape index (κ2) is 4.27. The zero-order valence-electron chi connectivity index (χ0n) is 6.90. The molecule has 0 unspecified atom stereocenters. The van der Waals surface area contributed by atoms with E-state index in [-0.39, 0.29) is 13.2 Å². The van der Waals surface area contributed by atoms with Crippen molar-refractivity contribution in [2.24, 2.45) is 10.7 Å². The summed E-state index contributed by atoms with van der Waals surface area (Å²) in [6, 6.07) is -0.0389. The Labute approximate surface area is 71.3 Å². The van der Waals surface area contributed by atoms with Crippen LogP contribution in [0.4, 0.5) is 0 Å². The molecular weight excluding hydrogens is 158 g/mol.